The van der Waals surface area contributed by atoms with Crippen LogP contribution < -0.4 is 11.3 Å². The van der Waals surface area contributed by atoms with E-state index in [1.807, 2.05) is 0 Å². The Morgan fingerprint density at radius 2 is 2.22 bits per heavy atom. The Labute approximate surface area is 106 Å². The number of tetrazole rings is 1. The molecule has 0 radical (unpaired) electrons. The van der Waals surface area contributed by atoms with Crippen LogP contribution in [0, 0.1) is 6.92 Å². The summed E-state index contributed by atoms with van der Waals surface area (Å²) in [5.74, 6) is 6.28. The highest BCUT2D eigenvalue weighted by Gasteiger charge is 2.12. The highest BCUT2D eigenvalue weighted by molar-refractivity contribution is 5.23. The van der Waals surface area contributed by atoms with Gasteiger partial charge in [0.25, 0.3) is 0 Å². The van der Waals surface area contributed by atoms with Gasteiger partial charge in [-0.2, -0.15) is 4.80 Å². The number of hydrazine groups is 1. The van der Waals surface area contributed by atoms with Gasteiger partial charge in [0, 0.05) is 12.5 Å². The summed E-state index contributed by atoms with van der Waals surface area (Å²) in [6.07, 6.45) is 1.51. The molecule has 1 aromatic heterocycles. The molecule has 0 fully saturated rings. The minimum atomic E-state index is 0.107. The summed E-state index contributed by atoms with van der Waals surface area (Å²) in [6.45, 7) is 2.08. The van der Waals surface area contributed by atoms with Crippen molar-refractivity contribution in [2.45, 2.75) is 25.8 Å². The average molecular weight is 246 g/mol. The molecule has 3 N–H and O–H groups in total. The van der Waals surface area contributed by atoms with Crippen molar-refractivity contribution < 1.29 is 0 Å². The van der Waals surface area contributed by atoms with E-state index in [2.05, 4.69) is 52.0 Å². The molecule has 0 saturated carbocycles. The van der Waals surface area contributed by atoms with Gasteiger partial charge in [-0.05, 0) is 24.1 Å². The van der Waals surface area contributed by atoms with Crippen LogP contribution >= 0.6 is 0 Å². The number of aromatic nitrogens is 4. The van der Waals surface area contributed by atoms with Crippen molar-refractivity contribution in [1.82, 2.24) is 25.6 Å². The Hall–Kier alpha value is -1.79. The Bertz CT molecular complexity index is 507. The van der Waals surface area contributed by atoms with Crippen molar-refractivity contribution in [3.05, 3.63) is 41.2 Å². The Kier molecular flexibility index (Phi) is 4.01. The van der Waals surface area contributed by atoms with Gasteiger partial charge >= 0.3 is 0 Å². The lowest BCUT2D eigenvalue weighted by Gasteiger charge is -2.14. The third kappa shape index (κ3) is 3.35. The summed E-state index contributed by atoms with van der Waals surface area (Å²) in [4.78, 5) is 1.45. The molecular weight excluding hydrogens is 228 g/mol. The zero-order valence-electron chi connectivity index (χ0n) is 10.7. The van der Waals surface area contributed by atoms with Gasteiger partial charge in [0.1, 0.15) is 0 Å². The van der Waals surface area contributed by atoms with E-state index in [4.69, 9.17) is 5.84 Å². The van der Waals surface area contributed by atoms with E-state index >= 15 is 0 Å². The second-order valence-electron chi connectivity index (χ2n) is 4.46. The van der Waals surface area contributed by atoms with Crippen molar-refractivity contribution in [2.24, 2.45) is 12.9 Å². The molecule has 1 heterocycles. The number of hydrogen-bond donors (Lipinski definition) is 2. The standard InChI is InChI=1S/C12H18N6/c1-9-4-3-5-10(6-9)7-11(14-13)8-12-15-17-18(2)16-12/h3-6,11,14H,7-8,13H2,1-2H3. The molecule has 96 valence electrons. The van der Waals surface area contributed by atoms with Crippen LogP contribution in [-0.4, -0.2) is 26.2 Å². The van der Waals surface area contributed by atoms with E-state index < -0.39 is 0 Å². The van der Waals surface area contributed by atoms with Crippen LogP contribution in [0.5, 0.6) is 0 Å². The number of nitrogens with one attached hydrogen (secondary N) is 1. The van der Waals surface area contributed by atoms with Gasteiger partial charge in [0.05, 0.1) is 7.05 Å². The summed E-state index contributed by atoms with van der Waals surface area (Å²) in [6, 6.07) is 8.50. The third-order valence-electron chi connectivity index (χ3n) is 2.78. The summed E-state index contributed by atoms with van der Waals surface area (Å²) in [5.41, 5.74) is 5.31. The lowest BCUT2D eigenvalue weighted by Crippen LogP contribution is -2.38. The van der Waals surface area contributed by atoms with E-state index in [0.717, 1.165) is 6.42 Å². The predicted molar refractivity (Wildman–Crippen MR) is 68.5 cm³/mol. The van der Waals surface area contributed by atoms with Crippen molar-refractivity contribution in [1.29, 1.82) is 0 Å². The lowest BCUT2D eigenvalue weighted by molar-refractivity contribution is 0.509. The van der Waals surface area contributed by atoms with Crippen molar-refractivity contribution >= 4 is 0 Å². The molecule has 0 bridgehead atoms. The second kappa shape index (κ2) is 5.70. The molecule has 1 atom stereocenters. The fourth-order valence-corrected chi connectivity index (χ4v) is 1.94. The van der Waals surface area contributed by atoms with E-state index in [1.165, 1.54) is 15.9 Å². The van der Waals surface area contributed by atoms with Gasteiger partial charge in [0.15, 0.2) is 5.82 Å². The summed E-state index contributed by atoms with van der Waals surface area (Å²) in [7, 11) is 1.75. The number of nitrogens with two attached hydrogens (primary N) is 1. The van der Waals surface area contributed by atoms with Gasteiger partial charge in [-0.1, -0.05) is 29.8 Å². The van der Waals surface area contributed by atoms with Gasteiger partial charge in [0.2, 0.25) is 0 Å². The molecule has 0 aliphatic heterocycles. The minimum absolute atomic E-state index is 0.107. The van der Waals surface area contributed by atoms with Gasteiger partial charge in [-0.15, -0.1) is 10.2 Å². The minimum Gasteiger partial charge on any atom is -0.271 e. The first-order valence-corrected chi connectivity index (χ1v) is 5.92. The molecule has 1 unspecified atom stereocenters. The normalized spacial score (nSPS) is 12.6. The van der Waals surface area contributed by atoms with Crippen molar-refractivity contribution in [3.63, 3.8) is 0 Å². The lowest BCUT2D eigenvalue weighted by atomic mass is 10.0. The van der Waals surface area contributed by atoms with Gasteiger partial charge in [-0.25, -0.2) is 0 Å². The number of rotatable bonds is 5. The average Bonchev–Trinajstić information content (AvgIpc) is 2.74. The molecule has 1 aromatic carbocycles. The predicted octanol–water partition coefficient (Wildman–Crippen LogP) is 0.136. The molecule has 0 amide bonds. The molecule has 0 saturated heterocycles. The summed E-state index contributed by atoms with van der Waals surface area (Å²) in [5, 5.41) is 11.9. The maximum atomic E-state index is 5.58. The highest BCUT2D eigenvalue weighted by atomic mass is 15.6. The largest absolute Gasteiger partial charge is 0.271 e. The van der Waals surface area contributed by atoms with Crippen molar-refractivity contribution in [2.75, 3.05) is 0 Å². The van der Waals surface area contributed by atoms with E-state index in [9.17, 15) is 0 Å². The van der Waals surface area contributed by atoms with E-state index in [1.54, 1.807) is 7.05 Å². The zero-order chi connectivity index (χ0) is 13.0. The van der Waals surface area contributed by atoms with Crippen LogP contribution in [0.1, 0.15) is 17.0 Å². The number of nitrogens with zero attached hydrogens (tertiary/aromatic N) is 4. The summed E-state index contributed by atoms with van der Waals surface area (Å²) < 4.78 is 0. The number of hydrogen-bond acceptors (Lipinski definition) is 5. The zero-order valence-corrected chi connectivity index (χ0v) is 10.7. The second-order valence-corrected chi connectivity index (χ2v) is 4.46. The molecule has 6 heteroatoms. The molecule has 0 aliphatic carbocycles. The molecule has 0 aliphatic rings. The maximum Gasteiger partial charge on any atom is 0.176 e. The monoisotopic (exact) mass is 246 g/mol. The Balaban J connectivity index is 2.01. The van der Waals surface area contributed by atoms with Crippen LogP contribution in [0.25, 0.3) is 0 Å². The smallest absolute Gasteiger partial charge is 0.176 e. The molecule has 0 spiro atoms. The van der Waals surface area contributed by atoms with Crippen LogP contribution in [-0.2, 0) is 19.9 Å². The first-order valence-electron chi connectivity index (χ1n) is 5.92. The quantitative estimate of drug-likeness (QED) is 0.579. The Morgan fingerprint density at radius 3 is 2.83 bits per heavy atom. The molecule has 6 nitrogen and oxygen atoms in total. The van der Waals surface area contributed by atoms with Crippen LogP contribution in [0.2, 0.25) is 0 Å². The van der Waals surface area contributed by atoms with E-state index in [0.29, 0.717) is 12.2 Å². The number of aryl methyl sites for hydroxylation is 2. The fourth-order valence-electron chi connectivity index (χ4n) is 1.94. The maximum absolute atomic E-state index is 5.58. The number of benzene rings is 1. The third-order valence-corrected chi connectivity index (χ3v) is 2.78. The molecule has 2 rings (SSSR count). The first kappa shape index (κ1) is 12.7. The summed E-state index contributed by atoms with van der Waals surface area (Å²) >= 11 is 0. The van der Waals surface area contributed by atoms with Gasteiger partial charge in [-0.3, -0.25) is 11.3 Å². The van der Waals surface area contributed by atoms with Crippen LogP contribution in [0.4, 0.5) is 0 Å². The van der Waals surface area contributed by atoms with E-state index in [-0.39, 0.29) is 6.04 Å². The molecular formula is C12H18N6. The SMILES string of the molecule is Cc1cccc(CC(Cc2nnn(C)n2)NN)c1. The highest BCUT2D eigenvalue weighted by Crippen LogP contribution is 2.08. The molecule has 2 aromatic rings. The van der Waals surface area contributed by atoms with Crippen LogP contribution in [0.3, 0.4) is 0 Å². The first-order chi connectivity index (χ1) is 8.67. The van der Waals surface area contributed by atoms with Crippen LogP contribution in [0.15, 0.2) is 24.3 Å². The molecule has 18 heavy (non-hydrogen) atoms. The topological polar surface area (TPSA) is 81.7 Å². The van der Waals surface area contributed by atoms with Gasteiger partial charge < -0.3 is 0 Å². The fraction of sp³-hybridized carbons (Fsp3) is 0.417. The van der Waals surface area contributed by atoms with Crippen molar-refractivity contribution in [3.8, 4) is 0 Å². The Morgan fingerprint density at radius 1 is 1.39 bits per heavy atom.